The number of aromatic nitrogens is 1. The summed E-state index contributed by atoms with van der Waals surface area (Å²) in [5, 5.41) is 4.63. The monoisotopic (exact) mass is 732 g/mol. The zero-order chi connectivity index (χ0) is 37.1. The first-order valence-corrected chi connectivity index (χ1v) is 20.9. The van der Waals surface area contributed by atoms with Crippen LogP contribution in [0.15, 0.2) is 36.4 Å². The first-order valence-electron chi connectivity index (χ1n) is 19.4. The van der Waals surface area contributed by atoms with Crippen LogP contribution in [0.4, 0.5) is 0 Å². The lowest BCUT2D eigenvalue weighted by molar-refractivity contribution is -0.140. The lowest BCUT2D eigenvalue weighted by Crippen LogP contribution is -2.52. The second-order valence-corrected chi connectivity index (χ2v) is 20.1. The normalized spacial score (nSPS) is 31.1. The number of ketones is 1. The highest BCUT2D eigenvalue weighted by molar-refractivity contribution is 7.91. The van der Waals surface area contributed by atoms with Gasteiger partial charge in [-0.05, 0) is 95.6 Å². The van der Waals surface area contributed by atoms with Gasteiger partial charge in [-0.1, -0.05) is 64.0 Å². The number of para-hydroxylation sites is 1. The van der Waals surface area contributed by atoms with Crippen molar-refractivity contribution < 1.29 is 27.5 Å². The lowest BCUT2D eigenvalue weighted by atomic mass is 9.85. The average molecular weight is 733 g/mol. The zero-order valence-corrected chi connectivity index (χ0v) is 32.4. The Kier molecular flexibility index (Phi) is 9.63. The Balaban J connectivity index is 1.22. The molecule has 1 aromatic carbocycles. The number of nitrogens with one attached hydrogen (secondary N) is 2. The summed E-state index contributed by atoms with van der Waals surface area (Å²) in [6.07, 6.45) is 12.2. The molecule has 10 nitrogen and oxygen atoms in total. The van der Waals surface area contributed by atoms with Gasteiger partial charge in [0.05, 0.1) is 40.0 Å². The molecule has 1 aromatic heterocycles. The first-order chi connectivity index (χ1) is 24.6. The molecule has 0 bridgehead atoms. The molecule has 0 unspecified atom stereocenters. The summed E-state index contributed by atoms with van der Waals surface area (Å²) < 4.78 is 34.8. The van der Waals surface area contributed by atoms with E-state index in [1.165, 1.54) is 0 Å². The lowest BCUT2D eigenvalue weighted by Gasteiger charge is -2.37. The number of carbonyl (C=O) groups excluding carboxylic acids is 3. The highest BCUT2D eigenvalue weighted by Crippen LogP contribution is 2.58. The maximum atomic E-state index is 14.8. The van der Waals surface area contributed by atoms with E-state index in [9.17, 15) is 22.8 Å². The highest BCUT2D eigenvalue weighted by atomic mass is 32.2. The smallest absolute Gasteiger partial charge is 0.240 e. The Morgan fingerprint density at radius 2 is 1.85 bits per heavy atom. The topological polar surface area (TPSA) is 135 Å². The van der Waals surface area contributed by atoms with Gasteiger partial charge in [-0.2, -0.15) is 0 Å². The molecule has 3 fully saturated rings. The molecular weight excluding hydrogens is 677 g/mol. The van der Waals surface area contributed by atoms with Crippen molar-refractivity contribution in [2.75, 3.05) is 13.1 Å². The fourth-order valence-corrected chi connectivity index (χ4v) is 9.99. The van der Waals surface area contributed by atoms with Gasteiger partial charge in [-0.3, -0.25) is 19.1 Å². The van der Waals surface area contributed by atoms with Gasteiger partial charge < -0.3 is 15.0 Å². The van der Waals surface area contributed by atoms with Crippen LogP contribution < -0.4 is 14.8 Å². The van der Waals surface area contributed by atoms with E-state index in [-0.39, 0.29) is 36.0 Å². The van der Waals surface area contributed by atoms with Crippen molar-refractivity contribution in [3.05, 3.63) is 47.7 Å². The number of hydrogen-bond acceptors (Lipinski definition) is 8. The van der Waals surface area contributed by atoms with Crippen LogP contribution >= 0.6 is 0 Å². The van der Waals surface area contributed by atoms with Crippen LogP contribution in [0.1, 0.15) is 116 Å². The number of amides is 2. The number of carbonyl (C=O) groups is 3. The third kappa shape index (κ3) is 7.16. The fraction of sp³-hybridized carbons (Fsp3) is 0.659. The summed E-state index contributed by atoms with van der Waals surface area (Å²) in [6, 6.07) is 6.80. The Morgan fingerprint density at radius 3 is 2.60 bits per heavy atom. The molecule has 7 rings (SSSR count). The Labute approximate surface area is 309 Å². The summed E-state index contributed by atoms with van der Waals surface area (Å²) in [5.41, 5.74) is 0.942. The SMILES string of the molecule is Cc1nc2ccccc2c2c1O[C@]1(CC2)C[C@H]2C(=O)C[C@]3(C(=O)NS(=O)(=O)C4(C)CC4)C[C@H]3/C=C\CCCCC[C@H](NCCC(C)(C)C)C(=O)N2C1. The third-order valence-corrected chi connectivity index (χ3v) is 14.7. The minimum absolute atomic E-state index is 0.0951. The molecule has 282 valence electrons. The molecule has 5 aliphatic rings. The summed E-state index contributed by atoms with van der Waals surface area (Å²) in [4.78, 5) is 50.1. The molecule has 11 heteroatoms. The number of pyridine rings is 1. The number of aryl methyl sites for hydroxylation is 2. The molecule has 2 aromatic rings. The molecule has 2 aliphatic carbocycles. The largest absolute Gasteiger partial charge is 0.483 e. The van der Waals surface area contributed by atoms with Crippen LogP contribution in [-0.4, -0.2) is 71.4 Å². The van der Waals surface area contributed by atoms with Crippen LogP contribution in [-0.2, 0) is 30.8 Å². The maximum Gasteiger partial charge on any atom is 0.240 e. The Morgan fingerprint density at radius 1 is 1.08 bits per heavy atom. The predicted molar refractivity (Wildman–Crippen MR) is 201 cm³/mol. The van der Waals surface area contributed by atoms with E-state index in [1.807, 2.05) is 31.2 Å². The fourth-order valence-electron chi connectivity index (χ4n) is 8.66. The summed E-state index contributed by atoms with van der Waals surface area (Å²) in [5.74, 6) is -0.423. The number of ether oxygens (including phenoxy) is 1. The predicted octanol–water partition coefficient (Wildman–Crippen LogP) is 6.09. The number of benzene rings is 1. The quantitative estimate of drug-likeness (QED) is 0.341. The van der Waals surface area contributed by atoms with E-state index in [0.29, 0.717) is 45.1 Å². The van der Waals surface area contributed by atoms with Crippen molar-refractivity contribution in [3.63, 3.8) is 0 Å². The van der Waals surface area contributed by atoms with Gasteiger partial charge >= 0.3 is 0 Å². The van der Waals surface area contributed by atoms with Gasteiger partial charge in [0.2, 0.25) is 21.8 Å². The van der Waals surface area contributed by atoms with Crippen molar-refractivity contribution in [1.29, 1.82) is 0 Å². The second-order valence-electron chi connectivity index (χ2n) is 17.9. The Bertz CT molecular complexity index is 1900. The van der Waals surface area contributed by atoms with Gasteiger partial charge in [-0.15, -0.1) is 0 Å². The van der Waals surface area contributed by atoms with Gasteiger partial charge in [0.15, 0.2) is 5.78 Å². The molecule has 1 saturated heterocycles. The van der Waals surface area contributed by atoms with Crippen LogP contribution in [0.25, 0.3) is 10.9 Å². The number of fused-ring (bicyclic) bond motifs is 5. The first kappa shape index (κ1) is 37.0. The van der Waals surface area contributed by atoms with Crippen molar-refractivity contribution in [2.24, 2.45) is 16.7 Å². The van der Waals surface area contributed by atoms with E-state index in [2.05, 4.69) is 43.0 Å². The molecule has 1 spiro atoms. The molecule has 5 atom stereocenters. The second kappa shape index (κ2) is 13.5. The standard InChI is InChI=1S/C41H56N4O6S/c1-27-35-30(29-14-11-12-15-31(29)43-27)17-18-40(51-35)24-33-34(46)25-41(37(48)44-52(49,50)39(5)19-20-39)23-28(41)13-9-7-6-8-10-16-32(36(47)45(33)26-40)42-22-21-38(2,3)4/h9,11-15,28,32-33,42H,6-8,10,16-26H2,1-5H3,(H,44,48)/b13-9-/t28-,32+,33+,40-,41-/m1/s1. The van der Waals surface area contributed by atoms with Crippen molar-refractivity contribution >= 4 is 38.5 Å². The van der Waals surface area contributed by atoms with Crippen LogP contribution in [0.3, 0.4) is 0 Å². The molecule has 2 N–H and O–H groups in total. The van der Waals surface area contributed by atoms with E-state index in [0.717, 1.165) is 66.4 Å². The summed E-state index contributed by atoms with van der Waals surface area (Å²) in [7, 11) is -3.89. The maximum absolute atomic E-state index is 14.8. The van der Waals surface area contributed by atoms with E-state index >= 15 is 0 Å². The average Bonchev–Trinajstić information content (AvgIpc) is 3.97. The van der Waals surface area contributed by atoms with Crippen LogP contribution in [0.2, 0.25) is 0 Å². The van der Waals surface area contributed by atoms with Crippen molar-refractivity contribution in [2.45, 2.75) is 141 Å². The van der Waals surface area contributed by atoms with Crippen molar-refractivity contribution in [1.82, 2.24) is 19.9 Å². The molecule has 2 amide bonds. The minimum atomic E-state index is -3.89. The Hall–Kier alpha value is -3.31. The number of nitrogens with zero attached hydrogens (tertiary/aromatic N) is 2. The van der Waals surface area contributed by atoms with E-state index in [4.69, 9.17) is 9.72 Å². The highest BCUT2D eigenvalue weighted by Gasteiger charge is 2.63. The molecule has 52 heavy (non-hydrogen) atoms. The number of hydrogen-bond donors (Lipinski definition) is 2. The van der Waals surface area contributed by atoms with E-state index in [1.54, 1.807) is 11.8 Å². The summed E-state index contributed by atoms with van der Waals surface area (Å²) in [6.45, 7) is 11.1. The summed E-state index contributed by atoms with van der Waals surface area (Å²) >= 11 is 0. The number of allylic oxidation sites excluding steroid dienone is 2. The molecule has 3 aliphatic heterocycles. The molecule has 2 saturated carbocycles. The van der Waals surface area contributed by atoms with E-state index < -0.39 is 43.8 Å². The van der Waals surface area contributed by atoms with Gasteiger partial charge in [-0.25, -0.2) is 13.4 Å². The third-order valence-electron chi connectivity index (χ3n) is 12.5. The van der Waals surface area contributed by atoms with Gasteiger partial charge in [0, 0.05) is 23.8 Å². The van der Waals surface area contributed by atoms with Gasteiger partial charge in [0.1, 0.15) is 11.4 Å². The number of sulfonamides is 1. The zero-order valence-electron chi connectivity index (χ0n) is 31.6. The van der Waals surface area contributed by atoms with Crippen LogP contribution in [0, 0.1) is 23.7 Å². The van der Waals surface area contributed by atoms with Gasteiger partial charge in [0.25, 0.3) is 0 Å². The molecular formula is C41H56N4O6S. The molecule has 0 radical (unpaired) electrons. The number of rotatable bonds is 6. The van der Waals surface area contributed by atoms with Crippen molar-refractivity contribution in [3.8, 4) is 5.75 Å². The van der Waals surface area contributed by atoms with Crippen LogP contribution in [0.5, 0.6) is 5.75 Å². The minimum Gasteiger partial charge on any atom is -0.483 e. The number of Topliss-reactive ketones (excluding diaryl/α,β-unsaturated/α-hetero) is 1. The molecule has 4 heterocycles.